The Morgan fingerprint density at radius 3 is 2.04 bits per heavy atom. The van der Waals surface area contributed by atoms with Gasteiger partial charge in [-0.25, -0.2) is 10.1 Å². The Morgan fingerprint density at radius 2 is 1.42 bits per heavy atom. The topological polar surface area (TPSA) is 106 Å². The average Bonchev–Trinajstić information content (AvgIpc) is 2.65. The van der Waals surface area contributed by atoms with Crippen LogP contribution >= 0.6 is 11.6 Å². The van der Waals surface area contributed by atoms with Crippen LogP contribution in [0.15, 0.2) is 70.2 Å². The van der Waals surface area contributed by atoms with Gasteiger partial charge in [-0.3, -0.25) is 20.0 Å². The highest BCUT2D eigenvalue weighted by atomic mass is 35.5. The molecule has 0 spiro atoms. The van der Waals surface area contributed by atoms with Crippen molar-refractivity contribution < 1.29 is 20.0 Å². The molecule has 9 heteroatoms. The number of carbonyl (C=O) groups is 2. The van der Waals surface area contributed by atoms with E-state index in [2.05, 4.69) is 10.2 Å². The van der Waals surface area contributed by atoms with Gasteiger partial charge in [0.1, 0.15) is 0 Å². The minimum atomic E-state index is -0.985. The fourth-order valence-electron chi connectivity index (χ4n) is 2.41. The number of rotatable bonds is 2. The van der Waals surface area contributed by atoms with Crippen LogP contribution in [0, 0.1) is 0 Å². The molecule has 1 aliphatic heterocycles. The van der Waals surface area contributed by atoms with Crippen LogP contribution in [-0.4, -0.2) is 22.2 Å². The van der Waals surface area contributed by atoms with Crippen LogP contribution in [0.5, 0.6) is 0 Å². The largest absolute Gasteiger partial charge is 0.316 e. The fourth-order valence-corrected chi connectivity index (χ4v) is 2.54. The van der Waals surface area contributed by atoms with Gasteiger partial charge in [0.25, 0.3) is 5.91 Å². The van der Waals surface area contributed by atoms with E-state index < -0.39 is 11.8 Å². The molecule has 2 aromatic rings. The third-order valence-electron chi connectivity index (χ3n) is 3.74. The van der Waals surface area contributed by atoms with Crippen molar-refractivity contribution in [1.29, 1.82) is 0 Å². The Labute approximate surface area is 153 Å². The number of amides is 2. The van der Waals surface area contributed by atoms with Gasteiger partial charge in [0.05, 0.1) is 17.1 Å². The summed E-state index contributed by atoms with van der Waals surface area (Å²) >= 11 is 5.75. The summed E-state index contributed by atoms with van der Waals surface area (Å²) < 4.78 is 0. The Kier molecular flexibility index (Phi) is 4.81. The Bertz CT molecular complexity index is 940. The molecule has 0 radical (unpaired) electrons. The van der Waals surface area contributed by atoms with Crippen molar-refractivity contribution in [3.63, 3.8) is 0 Å². The number of para-hydroxylation sites is 2. The van der Waals surface area contributed by atoms with Gasteiger partial charge in [0, 0.05) is 10.6 Å². The van der Waals surface area contributed by atoms with Gasteiger partial charge in [-0.2, -0.15) is 0 Å². The van der Waals surface area contributed by atoms with E-state index in [1.165, 1.54) is 37.3 Å². The normalized spacial score (nSPS) is 14.0. The number of halogens is 1. The van der Waals surface area contributed by atoms with Crippen molar-refractivity contribution in [1.82, 2.24) is 0 Å². The summed E-state index contributed by atoms with van der Waals surface area (Å²) in [5, 5.41) is 29.0. The zero-order valence-corrected chi connectivity index (χ0v) is 14.3. The molecule has 0 saturated carbocycles. The Balaban J connectivity index is 1.86. The van der Waals surface area contributed by atoms with E-state index in [1.807, 2.05) is 0 Å². The van der Waals surface area contributed by atoms with Crippen LogP contribution in [0.25, 0.3) is 0 Å². The fraction of sp³-hybridized carbons (Fsp3) is 0.0588. The predicted molar refractivity (Wildman–Crippen MR) is 93.3 cm³/mol. The van der Waals surface area contributed by atoms with E-state index in [0.717, 1.165) is 5.06 Å². The van der Waals surface area contributed by atoms with Crippen molar-refractivity contribution in [2.45, 2.75) is 6.92 Å². The molecule has 2 aromatic carbocycles. The molecule has 26 heavy (non-hydrogen) atoms. The number of carbonyl (C=O) groups excluding carboxylic acids is 2. The number of hydrogen-bond donors (Lipinski definition) is 2. The third-order valence-corrected chi connectivity index (χ3v) is 3.99. The number of azo groups is 1. The number of nitrogens with zero attached hydrogens (tertiary/aromatic N) is 4. The smallest absolute Gasteiger partial charge is 0.284 e. The molecule has 8 nitrogen and oxygen atoms in total. The molecule has 1 heterocycles. The number of hydroxylamine groups is 2. The van der Waals surface area contributed by atoms with Crippen molar-refractivity contribution in [3.8, 4) is 0 Å². The molecule has 3 rings (SSSR count). The highest BCUT2D eigenvalue weighted by Gasteiger charge is 2.31. The standard InChI is InChI=1S/C17H13ClN4O4/c1-10-15(22(26)14-5-3-2-4-13(14)21(10)25)17(24)20-19-16(23)11-6-8-12(18)9-7-11/h2-9,25-26H,1H3. The molecule has 2 amide bonds. The minimum absolute atomic E-state index is 0.0362. The first-order chi connectivity index (χ1) is 12.4. The molecule has 1 aliphatic rings. The van der Waals surface area contributed by atoms with Gasteiger partial charge >= 0.3 is 5.91 Å². The lowest BCUT2D eigenvalue weighted by atomic mass is 10.1. The molecule has 132 valence electrons. The first-order valence-electron chi connectivity index (χ1n) is 7.44. The van der Waals surface area contributed by atoms with Crippen molar-refractivity contribution in [3.05, 3.63) is 70.5 Å². The predicted octanol–water partition coefficient (Wildman–Crippen LogP) is 3.80. The SMILES string of the molecule is CC1=C(C(=O)N=NC(=O)c2ccc(Cl)cc2)N(O)c2ccccc2N1O. The number of benzene rings is 2. The van der Waals surface area contributed by atoms with Gasteiger partial charge in [-0.05, 0) is 43.3 Å². The van der Waals surface area contributed by atoms with Gasteiger partial charge in [-0.1, -0.05) is 23.7 Å². The summed E-state index contributed by atoms with van der Waals surface area (Å²) in [5.41, 5.74) is 0.393. The van der Waals surface area contributed by atoms with Crippen LogP contribution in [0.4, 0.5) is 11.4 Å². The second-order valence-electron chi connectivity index (χ2n) is 5.36. The van der Waals surface area contributed by atoms with Crippen LogP contribution in [0.3, 0.4) is 0 Å². The average molecular weight is 373 g/mol. The van der Waals surface area contributed by atoms with E-state index in [-0.39, 0.29) is 22.6 Å². The van der Waals surface area contributed by atoms with Gasteiger partial charge < -0.3 is 0 Å². The molecule has 0 atom stereocenters. The van der Waals surface area contributed by atoms with E-state index in [0.29, 0.717) is 15.8 Å². The lowest BCUT2D eigenvalue weighted by Crippen LogP contribution is -2.35. The number of fused-ring (bicyclic) bond motifs is 1. The second kappa shape index (κ2) is 7.04. The molecule has 0 bridgehead atoms. The summed E-state index contributed by atoms with van der Waals surface area (Å²) in [6.07, 6.45) is 0. The third kappa shape index (κ3) is 3.21. The summed E-state index contributed by atoms with van der Waals surface area (Å²) in [6.45, 7) is 1.42. The second-order valence-corrected chi connectivity index (χ2v) is 5.80. The first kappa shape index (κ1) is 17.7. The Hall–Kier alpha value is -3.07. The van der Waals surface area contributed by atoms with Crippen molar-refractivity contribution >= 4 is 34.8 Å². The maximum Gasteiger partial charge on any atom is 0.316 e. The molecule has 0 aliphatic carbocycles. The molecular formula is C17H13ClN4O4. The molecular weight excluding hydrogens is 360 g/mol. The number of anilines is 2. The van der Waals surface area contributed by atoms with Crippen LogP contribution in [0.2, 0.25) is 5.02 Å². The van der Waals surface area contributed by atoms with Gasteiger partial charge in [-0.15, -0.1) is 10.2 Å². The summed E-state index contributed by atoms with van der Waals surface area (Å²) in [4.78, 5) is 24.3. The lowest BCUT2D eigenvalue weighted by molar-refractivity contribution is -0.115. The zero-order chi connectivity index (χ0) is 18.8. The summed E-state index contributed by atoms with van der Waals surface area (Å²) in [5.74, 6) is -1.73. The Morgan fingerprint density at radius 1 is 0.885 bits per heavy atom. The molecule has 0 unspecified atom stereocenters. The lowest BCUT2D eigenvalue weighted by Gasteiger charge is -2.32. The molecule has 0 fully saturated rings. The number of hydrogen-bond acceptors (Lipinski definition) is 6. The van der Waals surface area contributed by atoms with Crippen LogP contribution < -0.4 is 10.1 Å². The van der Waals surface area contributed by atoms with E-state index >= 15 is 0 Å². The van der Waals surface area contributed by atoms with E-state index in [1.54, 1.807) is 18.2 Å². The van der Waals surface area contributed by atoms with Crippen molar-refractivity contribution in [2.75, 3.05) is 10.1 Å². The first-order valence-corrected chi connectivity index (χ1v) is 7.82. The van der Waals surface area contributed by atoms with E-state index in [9.17, 15) is 20.0 Å². The summed E-state index contributed by atoms with van der Waals surface area (Å²) in [6, 6.07) is 12.3. The van der Waals surface area contributed by atoms with Gasteiger partial charge in [0.2, 0.25) is 0 Å². The van der Waals surface area contributed by atoms with Crippen LogP contribution in [0.1, 0.15) is 17.3 Å². The maximum absolute atomic E-state index is 12.3. The summed E-state index contributed by atoms with van der Waals surface area (Å²) in [7, 11) is 0. The highest BCUT2D eigenvalue weighted by Crippen LogP contribution is 2.37. The van der Waals surface area contributed by atoms with Crippen LogP contribution in [-0.2, 0) is 4.79 Å². The monoisotopic (exact) mass is 372 g/mol. The molecule has 0 aromatic heterocycles. The van der Waals surface area contributed by atoms with E-state index in [4.69, 9.17) is 11.6 Å². The molecule has 0 saturated heterocycles. The minimum Gasteiger partial charge on any atom is -0.284 e. The quantitative estimate of drug-likeness (QED) is 0.777. The molecule has 2 N–H and O–H groups in total. The van der Waals surface area contributed by atoms with Gasteiger partial charge in [0.15, 0.2) is 5.70 Å². The maximum atomic E-state index is 12.3. The zero-order valence-electron chi connectivity index (χ0n) is 13.5. The highest BCUT2D eigenvalue weighted by molar-refractivity contribution is 6.30. The van der Waals surface area contributed by atoms with Crippen molar-refractivity contribution in [2.24, 2.45) is 10.2 Å². The number of allylic oxidation sites excluding steroid dienone is 1.